The Morgan fingerprint density at radius 2 is 2.15 bits per heavy atom. The lowest BCUT2D eigenvalue weighted by molar-refractivity contribution is 0.0594. The Labute approximate surface area is 156 Å². The van der Waals surface area contributed by atoms with Gasteiger partial charge in [-0.05, 0) is 51.2 Å². The van der Waals surface area contributed by atoms with E-state index in [4.69, 9.17) is 9.47 Å². The molecule has 0 spiro atoms. The van der Waals surface area contributed by atoms with Gasteiger partial charge in [0.1, 0.15) is 17.1 Å². The van der Waals surface area contributed by atoms with E-state index in [1.54, 1.807) is 0 Å². The number of aryl methyl sites for hydroxylation is 1. The van der Waals surface area contributed by atoms with Crippen molar-refractivity contribution in [2.45, 2.75) is 71.3 Å². The number of methoxy groups -OCH3 is 1. The third kappa shape index (κ3) is 3.34. The van der Waals surface area contributed by atoms with Crippen molar-refractivity contribution in [3.05, 3.63) is 34.4 Å². The van der Waals surface area contributed by atoms with Crippen LogP contribution in [0, 0.1) is 5.92 Å². The average Bonchev–Trinajstić information content (AvgIpc) is 2.61. The van der Waals surface area contributed by atoms with E-state index < -0.39 is 5.97 Å². The first kappa shape index (κ1) is 18.8. The lowest BCUT2D eigenvalue weighted by atomic mass is 9.72. The van der Waals surface area contributed by atoms with Crippen LogP contribution in [0.2, 0.25) is 0 Å². The van der Waals surface area contributed by atoms with Crippen LogP contribution in [0.15, 0.2) is 17.7 Å². The summed E-state index contributed by atoms with van der Waals surface area (Å²) >= 11 is 0. The topological polar surface area (TPSA) is 55.8 Å². The Morgan fingerprint density at radius 3 is 2.85 bits per heavy atom. The molecular formula is C22H30O4. The lowest BCUT2D eigenvalue weighted by Gasteiger charge is -2.40. The van der Waals surface area contributed by atoms with Gasteiger partial charge in [-0.25, -0.2) is 4.79 Å². The standard InChI is InChI=1S/C22H30O4/c1-5-6-7-8-15-12-18-20(21(23)19(15)22(24)25-4)17-11-13(2)9-10-16(17)14(3)26-18/h11-12,14,16-17,23H,5-10H2,1-4H3. The van der Waals surface area contributed by atoms with Crippen molar-refractivity contribution in [1.29, 1.82) is 0 Å². The monoisotopic (exact) mass is 358 g/mol. The molecule has 1 aliphatic carbocycles. The number of ether oxygens (including phenoxy) is 2. The van der Waals surface area contributed by atoms with Crippen LogP contribution in [0.1, 0.15) is 80.3 Å². The number of rotatable bonds is 5. The van der Waals surface area contributed by atoms with Crippen molar-refractivity contribution in [1.82, 2.24) is 0 Å². The Morgan fingerprint density at radius 1 is 1.38 bits per heavy atom. The molecular weight excluding hydrogens is 328 g/mol. The van der Waals surface area contributed by atoms with Crippen LogP contribution in [0.5, 0.6) is 11.5 Å². The molecule has 1 aromatic carbocycles. The van der Waals surface area contributed by atoms with Crippen LogP contribution in [0.4, 0.5) is 0 Å². The molecule has 0 bridgehead atoms. The highest BCUT2D eigenvalue weighted by molar-refractivity contribution is 5.95. The molecule has 0 radical (unpaired) electrons. The minimum absolute atomic E-state index is 0.0497. The molecule has 1 aromatic rings. The van der Waals surface area contributed by atoms with Gasteiger partial charge in [-0.3, -0.25) is 0 Å². The van der Waals surface area contributed by atoms with Crippen LogP contribution in [0.3, 0.4) is 0 Å². The molecule has 3 atom stereocenters. The van der Waals surface area contributed by atoms with Crippen molar-refractivity contribution in [3.63, 3.8) is 0 Å². The molecule has 0 amide bonds. The van der Waals surface area contributed by atoms with Crippen LogP contribution >= 0.6 is 0 Å². The summed E-state index contributed by atoms with van der Waals surface area (Å²) in [5.41, 5.74) is 3.23. The summed E-state index contributed by atoms with van der Waals surface area (Å²) in [7, 11) is 1.36. The fourth-order valence-corrected chi connectivity index (χ4v) is 4.42. The second-order valence-electron chi connectivity index (χ2n) is 7.68. The van der Waals surface area contributed by atoms with Gasteiger partial charge in [0.15, 0.2) is 0 Å². The van der Waals surface area contributed by atoms with E-state index in [9.17, 15) is 9.90 Å². The number of esters is 1. The first-order chi connectivity index (χ1) is 12.5. The number of unbranched alkanes of at least 4 members (excludes halogenated alkanes) is 2. The van der Waals surface area contributed by atoms with Gasteiger partial charge in [-0.15, -0.1) is 0 Å². The number of allylic oxidation sites excluding steroid dienone is 2. The summed E-state index contributed by atoms with van der Waals surface area (Å²) in [6, 6.07) is 1.96. The Bertz CT molecular complexity index is 719. The van der Waals surface area contributed by atoms with Crippen LogP contribution in [-0.2, 0) is 11.2 Å². The SMILES string of the molecule is CCCCCc1cc2c(c(O)c1C(=O)OC)C1C=C(C)CCC1C(C)O2. The first-order valence-corrected chi connectivity index (χ1v) is 9.78. The molecule has 0 aromatic heterocycles. The summed E-state index contributed by atoms with van der Waals surface area (Å²) in [6.45, 7) is 6.39. The molecule has 0 saturated carbocycles. The molecule has 1 aliphatic heterocycles. The highest BCUT2D eigenvalue weighted by atomic mass is 16.5. The molecule has 0 fully saturated rings. The van der Waals surface area contributed by atoms with Crippen LogP contribution in [0.25, 0.3) is 0 Å². The van der Waals surface area contributed by atoms with Crippen molar-refractivity contribution in [3.8, 4) is 11.5 Å². The average molecular weight is 358 g/mol. The van der Waals surface area contributed by atoms with Gasteiger partial charge in [0.25, 0.3) is 0 Å². The van der Waals surface area contributed by atoms with E-state index in [1.807, 2.05) is 6.07 Å². The van der Waals surface area contributed by atoms with Gasteiger partial charge >= 0.3 is 5.97 Å². The second-order valence-corrected chi connectivity index (χ2v) is 7.68. The molecule has 4 heteroatoms. The summed E-state index contributed by atoms with van der Waals surface area (Å²) < 4.78 is 11.2. The lowest BCUT2D eigenvalue weighted by Crippen LogP contribution is -2.35. The van der Waals surface area contributed by atoms with E-state index in [0.717, 1.165) is 55.4 Å². The van der Waals surface area contributed by atoms with Gasteiger partial charge in [-0.1, -0.05) is 31.4 Å². The van der Waals surface area contributed by atoms with Crippen molar-refractivity contribution < 1.29 is 19.4 Å². The molecule has 3 rings (SSSR count). The molecule has 1 heterocycles. The highest BCUT2D eigenvalue weighted by Gasteiger charge is 2.40. The van der Waals surface area contributed by atoms with Crippen molar-refractivity contribution in [2.24, 2.45) is 5.92 Å². The zero-order valence-corrected chi connectivity index (χ0v) is 16.3. The Kier molecular flexibility index (Phi) is 5.59. The number of aromatic hydroxyl groups is 1. The molecule has 0 saturated heterocycles. The number of phenolic OH excluding ortho intramolecular Hbond substituents is 1. The quantitative estimate of drug-likeness (QED) is 0.450. The van der Waals surface area contributed by atoms with Gasteiger partial charge in [0.05, 0.1) is 13.2 Å². The van der Waals surface area contributed by atoms with Crippen LogP contribution in [-0.4, -0.2) is 24.3 Å². The van der Waals surface area contributed by atoms with E-state index in [1.165, 1.54) is 12.7 Å². The van der Waals surface area contributed by atoms with Gasteiger partial charge < -0.3 is 14.6 Å². The van der Waals surface area contributed by atoms with Crippen LogP contribution < -0.4 is 4.74 Å². The first-order valence-electron chi connectivity index (χ1n) is 9.78. The number of benzene rings is 1. The maximum absolute atomic E-state index is 12.4. The number of carbonyl (C=O) groups is 1. The molecule has 3 unspecified atom stereocenters. The number of hydrogen-bond acceptors (Lipinski definition) is 4. The number of phenols is 1. The summed E-state index contributed by atoms with van der Waals surface area (Å²) in [5.74, 6) is 0.725. The fraction of sp³-hybridized carbons (Fsp3) is 0.591. The van der Waals surface area contributed by atoms with Gasteiger partial charge in [-0.2, -0.15) is 0 Å². The normalized spacial score (nSPS) is 24.2. The zero-order valence-electron chi connectivity index (χ0n) is 16.3. The van der Waals surface area contributed by atoms with Crippen molar-refractivity contribution >= 4 is 5.97 Å². The Hall–Kier alpha value is -1.97. The van der Waals surface area contributed by atoms with E-state index in [0.29, 0.717) is 11.5 Å². The predicted molar refractivity (Wildman–Crippen MR) is 102 cm³/mol. The maximum Gasteiger partial charge on any atom is 0.341 e. The third-order valence-corrected chi connectivity index (χ3v) is 5.87. The second kappa shape index (κ2) is 7.73. The summed E-state index contributed by atoms with van der Waals surface area (Å²) in [4.78, 5) is 12.4. The molecule has 2 aliphatic rings. The largest absolute Gasteiger partial charge is 0.507 e. The molecule has 142 valence electrons. The minimum Gasteiger partial charge on any atom is -0.507 e. The summed E-state index contributed by atoms with van der Waals surface area (Å²) in [5, 5.41) is 11.1. The molecule has 4 nitrogen and oxygen atoms in total. The third-order valence-electron chi connectivity index (χ3n) is 5.87. The fourth-order valence-electron chi connectivity index (χ4n) is 4.42. The number of carbonyl (C=O) groups excluding carboxylic acids is 1. The van der Waals surface area contributed by atoms with Crippen molar-refractivity contribution in [2.75, 3.05) is 7.11 Å². The highest BCUT2D eigenvalue weighted by Crippen LogP contribution is 2.51. The van der Waals surface area contributed by atoms with Gasteiger partial charge in [0.2, 0.25) is 0 Å². The number of hydrogen-bond donors (Lipinski definition) is 1. The van der Waals surface area contributed by atoms with E-state index in [2.05, 4.69) is 26.8 Å². The maximum atomic E-state index is 12.4. The molecule has 1 N–H and O–H groups in total. The van der Waals surface area contributed by atoms with E-state index in [-0.39, 0.29) is 17.8 Å². The van der Waals surface area contributed by atoms with Gasteiger partial charge in [0, 0.05) is 17.4 Å². The zero-order chi connectivity index (χ0) is 18.8. The number of fused-ring (bicyclic) bond motifs is 3. The minimum atomic E-state index is -0.469. The predicted octanol–water partition coefficient (Wildman–Crippen LogP) is 5.13. The smallest absolute Gasteiger partial charge is 0.341 e. The van der Waals surface area contributed by atoms with E-state index >= 15 is 0 Å². The Balaban J connectivity index is 2.12. The molecule has 26 heavy (non-hydrogen) atoms. The summed E-state index contributed by atoms with van der Waals surface area (Å²) in [6.07, 6.45) is 8.34.